The summed E-state index contributed by atoms with van der Waals surface area (Å²) in [5.74, 6) is 0.0417. The van der Waals surface area contributed by atoms with Crippen LogP contribution in [0.15, 0.2) is 66.7 Å². The fourth-order valence-electron chi connectivity index (χ4n) is 5.31. The monoisotopic (exact) mass is 370 g/mol. The highest BCUT2D eigenvalue weighted by molar-refractivity contribution is 6.06. The fraction of sp³-hybridized carbons (Fsp3) is 0.333. The summed E-state index contributed by atoms with van der Waals surface area (Å²) in [5, 5.41) is 10.4. The molecular formula is C24H22N2O2. The van der Waals surface area contributed by atoms with E-state index in [2.05, 4.69) is 35.3 Å². The Kier molecular flexibility index (Phi) is 3.97. The first-order valence-electron chi connectivity index (χ1n) is 9.84. The molecule has 3 aliphatic carbocycles. The van der Waals surface area contributed by atoms with Gasteiger partial charge in [0.1, 0.15) is 5.54 Å². The van der Waals surface area contributed by atoms with Gasteiger partial charge in [0.25, 0.3) is 0 Å². The molecule has 1 aliphatic heterocycles. The highest BCUT2D eigenvalue weighted by atomic mass is 16.5. The molecule has 3 atom stereocenters. The van der Waals surface area contributed by atoms with E-state index in [9.17, 15) is 10.1 Å². The molecule has 4 aliphatic rings. The van der Waals surface area contributed by atoms with Crippen molar-refractivity contribution in [3.05, 3.63) is 83.4 Å². The second-order valence-electron chi connectivity index (χ2n) is 7.90. The molecule has 2 aromatic rings. The Morgan fingerprint density at radius 1 is 1.07 bits per heavy atom. The zero-order valence-corrected chi connectivity index (χ0v) is 15.7. The number of hydrogen-bond acceptors (Lipinski definition) is 4. The molecule has 1 heterocycles. The summed E-state index contributed by atoms with van der Waals surface area (Å²) >= 11 is 0. The van der Waals surface area contributed by atoms with Crippen molar-refractivity contribution in [1.82, 2.24) is 4.90 Å². The SMILES string of the molecule is N#C[C@@]1(N2CCOCC2)C[C@@]2(C(=O)c3ccccc3)C=C[C@@H]1c1ccccc12. The van der Waals surface area contributed by atoms with Gasteiger partial charge < -0.3 is 4.74 Å². The van der Waals surface area contributed by atoms with Crippen LogP contribution >= 0.6 is 0 Å². The molecule has 140 valence electrons. The van der Waals surface area contributed by atoms with Crippen LogP contribution in [0, 0.1) is 11.3 Å². The lowest BCUT2D eigenvalue weighted by atomic mass is 9.52. The molecule has 0 radical (unpaired) electrons. The van der Waals surface area contributed by atoms with Gasteiger partial charge in [-0.25, -0.2) is 0 Å². The summed E-state index contributed by atoms with van der Waals surface area (Å²) in [6.07, 6.45) is 4.65. The van der Waals surface area contributed by atoms with Crippen molar-refractivity contribution in [2.45, 2.75) is 23.3 Å². The van der Waals surface area contributed by atoms with Crippen molar-refractivity contribution in [3.63, 3.8) is 0 Å². The normalized spacial score (nSPS) is 31.2. The number of nitrogens with zero attached hydrogens (tertiary/aromatic N) is 2. The second-order valence-corrected chi connectivity index (χ2v) is 7.90. The quantitative estimate of drug-likeness (QED) is 0.613. The van der Waals surface area contributed by atoms with Gasteiger partial charge in [-0.1, -0.05) is 66.7 Å². The Morgan fingerprint density at radius 3 is 2.54 bits per heavy atom. The number of nitriles is 1. The Bertz CT molecular complexity index is 987. The van der Waals surface area contributed by atoms with Crippen LogP contribution in [-0.4, -0.2) is 42.5 Å². The molecule has 28 heavy (non-hydrogen) atoms. The minimum Gasteiger partial charge on any atom is -0.379 e. The van der Waals surface area contributed by atoms with E-state index in [1.54, 1.807) is 0 Å². The number of benzene rings is 2. The molecule has 4 nitrogen and oxygen atoms in total. The number of carbonyl (C=O) groups is 1. The molecule has 2 aromatic carbocycles. The molecule has 0 saturated carbocycles. The third-order valence-electron chi connectivity index (χ3n) is 6.62. The lowest BCUT2D eigenvalue weighted by molar-refractivity contribution is -0.0206. The first-order valence-corrected chi connectivity index (χ1v) is 9.84. The van der Waals surface area contributed by atoms with Crippen LogP contribution in [0.1, 0.15) is 33.8 Å². The summed E-state index contributed by atoms with van der Waals surface area (Å²) in [5.41, 5.74) is 1.32. The van der Waals surface area contributed by atoms with Crippen molar-refractivity contribution < 1.29 is 9.53 Å². The zero-order valence-electron chi connectivity index (χ0n) is 15.7. The summed E-state index contributed by atoms with van der Waals surface area (Å²) in [6, 6.07) is 20.3. The van der Waals surface area contributed by atoms with E-state index >= 15 is 0 Å². The third-order valence-corrected chi connectivity index (χ3v) is 6.62. The van der Waals surface area contributed by atoms with Gasteiger partial charge in [0.05, 0.1) is 24.7 Å². The van der Waals surface area contributed by atoms with Crippen LogP contribution in [0.5, 0.6) is 0 Å². The number of rotatable bonds is 3. The summed E-state index contributed by atoms with van der Waals surface area (Å²) in [6.45, 7) is 2.69. The van der Waals surface area contributed by atoms with E-state index in [-0.39, 0.29) is 11.7 Å². The molecule has 0 N–H and O–H groups in total. The predicted octanol–water partition coefficient (Wildman–Crippen LogP) is 3.46. The van der Waals surface area contributed by atoms with Gasteiger partial charge in [-0.3, -0.25) is 9.69 Å². The molecule has 0 amide bonds. The van der Waals surface area contributed by atoms with Crippen LogP contribution in [0.2, 0.25) is 0 Å². The molecule has 1 fully saturated rings. The van der Waals surface area contributed by atoms with E-state index in [1.807, 2.05) is 42.5 Å². The minimum atomic E-state index is -0.805. The van der Waals surface area contributed by atoms with Crippen molar-refractivity contribution in [2.24, 2.45) is 0 Å². The van der Waals surface area contributed by atoms with Crippen LogP contribution in [0.4, 0.5) is 0 Å². The molecule has 2 bridgehead atoms. The average Bonchev–Trinajstić information content (AvgIpc) is 2.80. The van der Waals surface area contributed by atoms with Crippen LogP contribution < -0.4 is 0 Å². The lowest BCUT2D eigenvalue weighted by Gasteiger charge is -2.55. The number of hydrogen-bond donors (Lipinski definition) is 0. The Morgan fingerprint density at radius 2 is 1.79 bits per heavy atom. The fourth-order valence-corrected chi connectivity index (χ4v) is 5.31. The molecule has 0 unspecified atom stereocenters. The van der Waals surface area contributed by atoms with Crippen molar-refractivity contribution in [1.29, 1.82) is 5.26 Å². The smallest absolute Gasteiger partial charge is 0.177 e. The maximum absolute atomic E-state index is 13.8. The van der Waals surface area contributed by atoms with Gasteiger partial charge in [-0.05, 0) is 11.1 Å². The van der Waals surface area contributed by atoms with Crippen LogP contribution in [0.25, 0.3) is 0 Å². The van der Waals surface area contributed by atoms with Crippen LogP contribution in [-0.2, 0) is 10.2 Å². The summed E-state index contributed by atoms with van der Waals surface area (Å²) in [7, 11) is 0. The second kappa shape index (κ2) is 6.41. The molecule has 4 heteroatoms. The molecular weight excluding hydrogens is 348 g/mol. The van der Waals surface area contributed by atoms with Gasteiger partial charge in [0.2, 0.25) is 0 Å². The van der Waals surface area contributed by atoms with Gasteiger partial charge in [-0.2, -0.15) is 5.26 Å². The topological polar surface area (TPSA) is 53.3 Å². The number of allylic oxidation sites excluding steroid dienone is 1. The van der Waals surface area contributed by atoms with E-state index < -0.39 is 11.0 Å². The van der Waals surface area contributed by atoms with E-state index in [4.69, 9.17) is 4.74 Å². The number of fused-ring (bicyclic) bond motifs is 1. The number of ether oxygens (including phenoxy) is 1. The summed E-state index contributed by atoms with van der Waals surface area (Å²) < 4.78 is 5.54. The maximum Gasteiger partial charge on any atom is 0.177 e. The Balaban J connectivity index is 1.70. The largest absolute Gasteiger partial charge is 0.379 e. The summed E-state index contributed by atoms with van der Waals surface area (Å²) in [4.78, 5) is 16.1. The van der Waals surface area contributed by atoms with Crippen molar-refractivity contribution in [2.75, 3.05) is 26.3 Å². The Labute approximate surface area is 165 Å². The van der Waals surface area contributed by atoms with E-state index in [0.717, 1.165) is 24.2 Å². The standard InChI is InChI=1S/C24H22N2O2/c25-17-24(26-12-14-28-15-13-26)16-23(22(27)18-6-2-1-3-7-18)11-10-21(24)19-8-4-5-9-20(19)23/h1-11,21H,12-16H2/t21-,23+,24+/m1/s1. The Hall–Kier alpha value is -2.74. The molecule has 0 aromatic heterocycles. The average molecular weight is 370 g/mol. The van der Waals surface area contributed by atoms with Gasteiger partial charge in [0, 0.05) is 31.0 Å². The molecule has 6 rings (SSSR count). The molecule has 0 spiro atoms. The lowest BCUT2D eigenvalue weighted by Crippen LogP contribution is -2.63. The van der Waals surface area contributed by atoms with Gasteiger partial charge in [0.15, 0.2) is 5.78 Å². The van der Waals surface area contributed by atoms with Gasteiger partial charge in [-0.15, -0.1) is 0 Å². The third kappa shape index (κ3) is 2.27. The zero-order chi connectivity index (χ0) is 19.2. The highest BCUT2D eigenvalue weighted by Gasteiger charge is 2.60. The maximum atomic E-state index is 13.8. The minimum absolute atomic E-state index is 0.0303. The van der Waals surface area contributed by atoms with Gasteiger partial charge >= 0.3 is 0 Å². The number of morpholine rings is 1. The van der Waals surface area contributed by atoms with E-state index in [1.165, 1.54) is 0 Å². The first-order chi connectivity index (χ1) is 13.7. The van der Waals surface area contributed by atoms with E-state index in [0.29, 0.717) is 25.2 Å². The number of ketones is 1. The highest BCUT2D eigenvalue weighted by Crippen LogP contribution is 2.57. The van der Waals surface area contributed by atoms with Crippen LogP contribution in [0.3, 0.4) is 0 Å². The first kappa shape index (κ1) is 17.4. The predicted molar refractivity (Wildman–Crippen MR) is 106 cm³/mol. The molecule has 1 saturated heterocycles. The number of Topliss-reactive ketones (excluding diaryl/α,β-unsaturated/α-hetero) is 1. The van der Waals surface area contributed by atoms with Crippen molar-refractivity contribution >= 4 is 5.78 Å². The van der Waals surface area contributed by atoms with Crippen molar-refractivity contribution in [3.8, 4) is 6.07 Å². The number of carbonyl (C=O) groups excluding carboxylic acids is 1.